The van der Waals surface area contributed by atoms with Crippen LogP contribution in [0.5, 0.6) is 0 Å². The average molecular weight is 427 g/mol. The largest absolute Gasteiger partial charge is 0.325 e. The molecule has 1 aliphatic rings. The first-order valence-electron chi connectivity index (χ1n) is 9.45. The van der Waals surface area contributed by atoms with Crippen molar-refractivity contribution < 1.29 is 9.09 Å². The Bertz CT molecular complexity index is 975. The van der Waals surface area contributed by atoms with Crippen molar-refractivity contribution in [3.63, 3.8) is 0 Å². The molecule has 28 heavy (non-hydrogen) atoms. The summed E-state index contributed by atoms with van der Waals surface area (Å²) in [6.07, 6.45) is 1.32. The summed E-state index contributed by atoms with van der Waals surface area (Å²) in [5, 5.41) is 0.806. The molecule has 1 aliphatic heterocycles. The van der Waals surface area contributed by atoms with Crippen LogP contribution < -0.4 is 5.30 Å². The molecule has 3 aromatic carbocycles. The second kappa shape index (κ2) is 9.37. The maximum absolute atomic E-state index is 13.9. The SMILES string of the molecule is O=P1(c2ccccc2)Cc2ccccc2SCc2ccccc2SCCCO1. The lowest BCUT2D eigenvalue weighted by molar-refractivity contribution is 0.320. The molecule has 0 N–H and O–H groups in total. The Kier molecular flexibility index (Phi) is 6.64. The minimum absolute atomic E-state index is 0.439. The Balaban J connectivity index is 1.69. The smallest absolute Gasteiger partial charge is 0.236 e. The lowest BCUT2D eigenvalue weighted by Gasteiger charge is -2.20. The molecule has 0 aliphatic carbocycles. The number of fused-ring (bicyclic) bond motifs is 2. The second-order valence-corrected chi connectivity index (χ2v) is 11.3. The van der Waals surface area contributed by atoms with Crippen molar-refractivity contribution in [2.75, 3.05) is 12.4 Å². The summed E-state index contributed by atoms with van der Waals surface area (Å²) >= 11 is 3.68. The standard InChI is InChI=1S/C23H23O2PS2/c24-26(21-11-2-1-3-12-21)17-19-9-4-6-13-22(19)28-18-20-10-5-7-14-23(20)27-16-8-15-25-26/h1-7,9-14H,8,15-18H2. The number of hydrogen-bond acceptors (Lipinski definition) is 4. The molecule has 0 amide bonds. The summed E-state index contributed by atoms with van der Waals surface area (Å²) in [5.41, 5.74) is 2.46. The normalized spacial score (nSPS) is 20.7. The maximum atomic E-state index is 13.9. The third kappa shape index (κ3) is 4.75. The van der Waals surface area contributed by atoms with Crippen molar-refractivity contribution in [2.45, 2.75) is 28.1 Å². The van der Waals surface area contributed by atoms with E-state index in [0.717, 1.165) is 28.8 Å². The van der Waals surface area contributed by atoms with Crippen LogP contribution in [0.25, 0.3) is 0 Å². The minimum atomic E-state index is -2.96. The van der Waals surface area contributed by atoms with Gasteiger partial charge in [-0.1, -0.05) is 54.6 Å². The van der Waals surface area contributed by atoms with E-state index in [2.05, 4.69) is 42.5 Å². The van der Waals surface area contributed by atoms with Gasteiger partial charge in [-0.25, -0.2) is 0 Å². The van der Waals surface area contributed by atoms with Crippen molar-refractivity contribution >= 4 is 36.2 Å². The third-order valence-corrected chi connectivity index (χ3v) is 9.51. The molecule has 0 saturated carbocycles. The Morgan fingerprint density at radius 3 is 2.18 bits per heavy atom. The zero-order valence-corrected chi connectivity index (χ0v) is 18.1. The first-order valence-corrected chi connectivity index (χ1v) is 13.2. The topological polar surface area (TPSA) is 26.3 Å². The highest BCUT2D eigenvalue weighted by Crippen LogP contribution is 2.51. The van der Waals surface area contributed by atoms with Crippen molar-refractivity contribution in [3.05, 3.63) is 90.0 Å². The van der Waals surface area contributed by atoms with E-state index in [1.165, 1.54) is 15.4 Å². The van der Waals surface area contributed by atoms with E-state index < -0.39 is 7.37 Å². The average Bonchev–Trinajstić information content (AvgIpc) is 2.75. The quantitative estimate of drug-likeness (QED) is 0.410. The Labute approximate surface area is 175 Å². The molecule has 0 saturated heterocycles. The van der Waals surface area contributed by atoms with Crippen molar-refractivity contribution in [1.29, 1.82) is 0 Å². The zero-order valence-electron chi connectivity index (χ0n) is 15.6. The van der Waals surface area contributed by atoms with Gasteiger partial charge < -0.3 is 4.52 Å². The highest BCUT2D eigenvalue weighted by molar-refractivity contribution is 8.00. The lowest BCUT2D eigenvalue weighted by Crippen LogP contribution is -2.11. The van der Waals surface area contributed by atoms with Gasteiger partial charge in [-0.15, -0.1) is 23.5 Å². The molecular formula is C23H23O2PS2. The predicted octanol–water partition coefficient (Wildman–Crippen LogP) is 6.59. The molecule has 0 aromatic heterocycles. The van der Waals surface area contributed by atoms with E-state index in [9.17, 15) is 4.57 Å². The molecule has 0 fully saturated rings. The molecular weight excluding hydrogens is 403 g/mol. The van der Waals surface area contributed by atoms with Gasteiger partial charge in [0, 0.05) is 26.6 Å². The summed E-state index contributed by atoms with van der Waals surface area (Å²) < 4.78 is 20.0. The molecule has 2 nitrogen and oxygen atoms in total. The van der Waals surface area contributed by atoms with Crippen LogP contribution in [0.3, 0.4) is 0 Å². The fraction of sp³-hybridized carbons (Fsp3) is 0.217. The minimum Gasteiger partial charge on any atom is -0.325 e. The van der Waals surface area contributed by atoms with Crippen LogP contribution in [0.2, 0.25) is 0 Å². The van der Waals surface area contributed by atoms with E-state index in [1.807, 2.05) is 59.9 Å². The molecule has 1 heterocycles. The summed E-state index contributed by atoms with van der Waals surface area (Å²) in [6.45, 7) is 0.511. The number of hydrogen-bond donors (Lipinski definition) is 0. The monoisotopic (exact) mass is 426 g/mol. The first-order chi connectivity index (χ1) is 13.7. The number of rotatable bonds is 1. The van der Waals surface area contributed by atoms with E-state index in [-0.39, 0.29) is 0 Å². The van der Waals surface area contributed by atoms with Gasteiger partial charge in [-0.2, -0.15) is 0 Å². The van der Waals surface area contributed by atoms with Crippen LogP contribution in [0.15, 0.2) is 88.7 Å². The van der Waals surface area contributed by atoms with Crippen molar-refractivity contribution in [1.82, 2.24) is 0 Å². The van der Waals surface area contributed by atoms with Crippen LogP contribution in [0, 0.1) is 0 Å². The molecule has 4 rings (SSSR count). The Morgan fingerprint density at radius 1 is 0.750 bits per heavy atom. The number of benzene rings is 3. The van der Waals surface area contributed by atoms with Crippen molar-refractivity contribution in [3.8, 4) is 0 Å². The summed E-state index contributed by atoms with van der Waals surface area (Å²) in [7, 11) is -2.96. The van der Waals surface area contributed by atoms with Gasteiger partial charge in [-0.3, -0.25) is 4.57 Å². The van der Waals surface area contributed by atoms with E-state index in [1.54, 1.807) is 0 Å². The highest BCUT2D eigenvalue weighted by Gasteiger charge is 2.27. The van der Waals surface area contributed by atoms with Gasteiger partial charge >= 0.3 is 0 Å². The first kappa shape index (κ1) is 19.8. The van der Waals surface area contributed by atoms with Gasteiger partial charge in [0.1, 0.15) is 0 Å². The van der Waals surface area contributed by atoms with E-state index in [0.29, 0.717) is 12.8 Å². The van der Waals surface area contributed by atoms with Crippen LogP contribution in [0.1, 0.15) is 17.5 Å². The van der Waals surface area contributed by atoms with Gasteiger partial charge in [0.05, 0.1) is 12.8 Å². The molecule has 1 unspecified atom stereocenters. The van der Waals surface area contributed by atoms with Gasteiger partial charge in [0.15, 0.2) is 0 Å². The van der Waals surface area contributed by atoms with Gasteiger partial charge in [-0.05, 0) is 41.8 Å². The Morgan fingerprint density at radius 2 is 1.39 bits per heavy atom. The number of thioether (sulfide) groups is 2. The molecule has 144 valence electrons. The van der Waals surface area contributed by atoms with Crippen LogP contribution in [-0.4, -0.2) is 12.4 Å². The van der Waals surface area contributed by atoms with Crippen LogP contribution in [0.4, 0.5) is 0 Å². The molecule has 0 bridgehead atoms. The molecule has 1 atom stereocenters. The third-order valence-electron chi connectivity index (χ3n) is 4.70. The lowest BCUT2D eigenvalue weighted by atomic mass is 10.2. The van der Waals surface area contributed by atoms with E-state index in [4.69, 9.17) is 4.52 Å². The summed E-state index contributed by atoms with van der Waals surface area (Å²) in [5.74, 6) is 1.88. The summed E-state index contributed by atoms with van der Waals surface area (Å²) in [6, 6.07) is 26.6. The van der Waals surface area contributed by atoms with Crippen LogP contribution in [-0.2, 0) is 21.0 Å². The van der Waals surface area contributed by atoms with Crippen molar-refractivity contribution in [2.24, 2.45) is 0 Å². The van der Waals surface area contributed by atoms with E-state index >= 15 is 0 Å². The second-order valence-electron chi connectivity index (χ2n) is 6.71. The predicted molar refractivity (Wildman–Crippen MR) is 121 cm³/mol. The van der Waals surface area contributed by atoms with Gasteiger partial charge in [0.2, 0.25) is 7.37 Å². The fourth-order valence-electron chi connectivity index (χ4n) is 3.24. The van der Waals surface area contributed by atoms with Crippen LogP contribution >= 0.6 is 30.9 Å². The maximum Gasteiger partial charge on any atom is 0.236 e. The molecule has 0 radical (unpaired) electrons. The van der Waals surface area contributed by atoms with Gasteiger partial charge in [0.25, 0.3) is 0 Å². The molecule has 0 spiro atoms. The Hall–Kier alpha value is -1.45. The molecule has 5 heteroatoms. The highest BCUT2D eigenvalue weighted by atomic mass is 32.2. The molecule has 3 aromatic rings. The fourth-order valence-corrected chi connectivity index (χ4v) is 7.68. The summed E-state index contributed by atoms with van der Waals surface area (Å²) in [4.78, 5) is 2.51. The zero-order chi connectivity index (χ0) is 19.2.